The number of sulfonamides is 1. The van der Waals surface area contributed by atoms with E-state index in [0.717, 1.165) is 18.4 Å². The lowest BCUT2D eigenvalue weighted by molar-refractivity contribution is 0.123. The number of aliphatic imine (C=N–C) groups is 1. The fourth-order valence-corrected chi connectivity index (χ4v) is 5.40. The molecule has 29 heavy (non-hydrogen) atoms. The van der Waals surface area contributed by atoms with E-state index >= 15 is 0 Å². The summed E-state index contributed by atoms with van der Waals surface area (Å²) in [6.45, 7) is 6.10. The summed E-state index contributed by atoms with van der Waals surface area (Å²) < 4.78 is 28.3. The Kier molecular flexibility index (Phi) is 5.18. The topological polar surface area (TPSA) is 93.5 Å². The molecule has 0 radical (unpaired) electrons. The van der Waals surface area contributed by atoms with Gasteiger partial charge in [0.2, 0.25) is 5.96 Å². The highest BCUT2D eigenvalue weighted by Crippen LogP contribution is 2.38. The SMILES string of the molecule is CC(C)c1ccc(S(=O)(=O)N2CC(C3CC3)N=C2N2CCN(C(=O)O)CC2)cc1. The maximum absolute atomic E-state index is 13.4. The summed E-state index contributed by atoms with van der Waals surface area (Å²) in [5, 5.41) is 9.18. The van der Waals surface area contributed by atoms with Crippen molar-refractivity contribution in [2.75, 3.05) is 32.7 Å². The summed E-state index contributed by atoms with van der Waals surface area (Å²) in [7, 11) is -3.72. The molecule has 8 nitrogen and oxygen atoms in total. The molecule has 1 atom stereocenters. The highest BCUT2D eigenvalue weighted by molar-refractivity contribution is 7.89. The molecule has 0 bridgehead atoms. The van der Waals surface area contributed by atoms with E-state index in [-0.39, 0.29) is 10.9 Å². The smallest absolute Gasteiger partial charge is 0.407 e. The average Bonchev–Trinajstić information content (AvgIpc) is 3.46. The third kappa shape index (κ3) is 3.92. The van der Waals surface area contributed by atoms with Gasteiger partial charge in [0.1, 0.15) is 0 Å². The predicted octanol–water partition coefficient (Wildman–Crippen LogP) is 2.24. The van der Waals surface area contributed by atoms with Gasteiger partial charge in [-0.3, -0.25) is 0 Å². The standard InChI is InChI=1S/C20H28N4O4S/c1-14(2)15-5-7-17(8-6-15)29(27,28)24-13-18(16-3-4-16)21-19(24)22-9-11-23(12-10-22)20(25)26/h5-8,14,16,18H,3-4,9-13H2,1-2H3,(H,25,26). The van der Waals surface area contributed by atoms with Crippen LogP contribution in [0.25, 0.3) is 0 Å². The number of carbonyl (C=O) groups is 1. The van der Waals surface area contributed by atoms with Crippen molar-refractivity contribution in [3.05, 3.63) is 29.8 Å². The van der Waals surface area contributed by atoms with Crippen LogP contribution in [0.1, 0.15) is 38.2 Å². The zero-order valence-corrected chi connectivity index (χ0v) is 17.7. The van der Waals surface area contributed by atoms with E-state index in [4.69, 9.17) is 4.99 Å². The molecule has 0 aromatic heterocycles. The first-order valence-electron chi connectivity index (χ1n) is 10.2. The molecule has 1 saturated heterocycles. The normalized spacial score (nSPS) is 22.9. The van der Waals surface area contributed by atoms with Crippen molar-refractivity contribution in [1.29, 1.82) is 0 Å². The Labute approximate surface area is 171 Å². The minimum atomic E-state index is -3.72. The lowest BCUT2D eigenvalue weighted by Crippen LogP contribution is -2.54. The monoisotopic (exact) mass is 420 g/mol. The van der Waals surface area contributed by atoms with Gasteiger partial charge in [-0.15, -0.1) is 0 Å². The van der Waals surface area contributed by atoms with E-state index in [0.29, 0.717) is 50.5 Å². The highest BCUT2D eigenvalue weighted by atomic mass is 32.2. The lowest BCUT2D eigenvalue weighted by atomic mass is 10.0. The number of nitrogens with zero attached hydrogens (tertiary/aromatic N) is 4. The third-order valence-electron chi connectivity index (χ3n) is 5.99. The minimum Gasteiger partial charge on any atom is -0.465 e. The van der Waals surface area contributed by atoms with Crippen LogP contribution in [0.4, 0.5) is 4.79 Å². The van der Waals surface area contributed by atoms with Crippen LogP contribution in [0.5, 0.6) is 0 Å². The number of hydrogen-bond acceptors (Lipinski definition) is 5. The minimum absolute atomic E-state index is 0.00721. The summed E-state index contributed by atoms with van der Waals surface area (Å²) in [5.41, 5.74) is 1.10. The number of hydrogen-bond donors (Lipinski definition) is 1. The van der Waals surface area contributed by atoms with Crippen LogP contribution in [0.3, 0.4) is 0 Å². The van der Waals surface area contributed by atoms with Gasteiger partial charge in [0.25, 0.3) is 10.0 Å². The highest BCUT2D eigenvalue weighted by Gasteiger charge is 2.44. The van der Waals surface area contributed by atoms with Gasteiger partial charge in [-0.2, -0.15) is 0 Å². The van der Waals surface area contributed by atoms with Crippen LogP contribution in [0, 0.1) is 5.92 Å². The summed E-state index contributed by atoms with van der Waals surface area (Å²) >= 11 is 0. The van der Waals surface area contributed by atoms with Crippen LogP contribution >= 0.6 is 0 Å². The first-order chi connectivity index (χ1) is 13.8. The molecule has 1 aromatic rings. The van der Waals surface area contributed by atoms with Gasteiger partial charge in [-0.1, -0.05) is 26.0 Å². The van der Waals surface area contributed by atoms with Crippen LogP contribution in [0.2, 0.25) is 0 Å². The largest absolute Gasteiger partial charge is 0.465 e. The number of guanidine groups is 1. The zero-order valence-electron chi connectivity index (χ0n) is 16.9. The van der Waals surface area contributed by atoms with Gasteiger partial charge >= 0.3 is 6.09 Å². The number of carboxylic acid groups (broad SMARTS) is 1. The Hall–Kier alpha value is -2.29. The van der Waals surface area contributed by atoms with Gasteiger partial charge in [0.05, 0.1) is 17.5 Å². The van der Waals surface area contributed by atoms with Gasteiger partial charge < -0.3 is 14.9 Å². The molecule has 2 heterocycles. The van der Waals surface area contributed by atoms with Crippen LogP contribution in [0.15, 0.2) is 34.2 Å². The zero-order chi connectivity index (χ0) is 20.8. The molecular weight excluding hydrogens is 392 g/mol. The van der Waals surface area contributed by atoms with E-state index in [2.05, 4.69) is 13.8 Å². The summed E-state index contributed by atoms with van der Waals surface area (Å²) in [6.07, 6.45) is 1.24. The summed E-state index contributed by atoms with van der Waals surface area (Å²) in [4.78, 5) is 19.5. The molecule has 3 aliphatic rings. The first kappa shape index (κ1) is 20.0. The number of rotatable bonds is 4. The van der Waals surface area contributed by atoms with Gasteiger partial charge in [0, 0.05) is 26.2 Å². The van der Waals surface area contributed by atoms with Crippen molar-refractivity contribution < 1.29 is 18.3 Å². The van der Waals surface area contributed by atoms with Crippen molar-refractivity contribution in [1.82, 2.24) is 14.1 Å². The van der Waals surface area contributed by atoms with E-state index in [9.17, 15) is 18.3 Å². The molecule has 1 amide bonds. The van der Waals surface area contributed by atoms with Crippen LogP contribution in [-0.2, 0) is 10.0 Å². The van der Waals surface area contributed by atoms with Crippen molar-refractivity contribution in [2.24, 2.45) is 10.9 Å². The fraction of sp³-hybridized carbons (Fsp3) is 0.600. The van der Waals surface area contributed by atoms with Crippen molar-refractivity contribution in [3.63, 3.8) is 0 Å². The van der Waals surface area contributed by atoms with Crippen LogP contribution < -0.4 is 0 Å². The molecule has 0 spiro atoms. The summed E-state index contributed by atoms with van der Waals surface area (Å²) in [5.74, 6) is 1.26. The van der Waals surface area contributed by atoms with E-state index in [1.807, 2.05) is 17.0 Å². The molecule has 2 fully saturated rings. The molecular formula is C20H28N4O4S. The number of benzene rings is 1. The molecule has 1 N–H and O–H groups in total. The van der Waals surface area contributed by atoms with E-state index in [1.165, 1.54) is 9.21 Å². The van der Waals surface area contributed by atoms with Gasteiger partial charge in [-0.05, 0) is 42.4 Å². The van der Waals surface area contributed by atoms with E-state index in [1.54, 1.807) is 12.1 Å². The molecule has 158 valence electrons. The van der Waals surface area contributed by atoms with Crippen molar-refractivity contribution in [3.8, 4) is 0 Å². The van der Waals surface area contributed by atoms with Gasteiger partial charge in [-0.25, -0.2) is 22.5 Å². The molecule has 1 aromatic carbocycles. The summed E-state index contributed by atoms with van der Waals surface area (Å²) in [6, 6.07) is 7.08. The lowest BCUT2D eigenvalue weighted by Gasteiger charge is -2.36. The predicted molar refractivity (Wildman–Crippen MR) is 110 cm³/mol. The Bertz CT molecular complexity index is 901. The Morgan fingerprint density at radius 1 is 1.10 bits per heavy atom. The molecule has 2 aliphatic heterocycles. The first-order valence-corrected chi connectivity index (χ1v) is 11.6. The second kappa shape index (κ2) is 7.51. The molecule has 1 aliphatic carbocycles. The molecule has 1 unspecified atom stereocenters. The molecule has 9 heteroatoms. The second-order valence-electron chi connectivity index (χ2n) is 8.35. The number of piperazine rings is 1. The quantitative estimate of drug-likeness (QED) is 0.806. The van der Waals surface area contributed by atoms with Crippen LogP contribution in [-0.4, -0.2) is 78.4 Å². The Balaban J connectivity index is 1.59. The molecule has 1 saturated carbocycles. The third-order valence-corrected chi connectivity index (χ3v) is 7.75. The molecule has 4 rings (SSSR count). The Morgan fingerprint density at radius 3 is 2.24 bits per heavy atom. The van der Waals surface area contributed by atoms with Crippen molar-refractivity contribution in [2.45, 2.75) is 43.5 Å². The fourth-order valence-electron chi connectivity index (χ4n) is 3.94. The maximum Gasteiger partial charge on any atom is 0.407 e. The maximum atomic E-state index is 13.4. The van der Waals surface area contributed by atoms with E-state index < -0.39 is 16.1 Å². The van der Waals surface area contributed by atoms with Gasteiger partial charge in [0.15, 0.2) is 0 Å². The number of amides is 1. The second-order valence-corrected chi connectivity index (χ2v) is 10.2. The average molecular weight is 421 g/mol. The van der Waals surface area contributed by atoms with Crippen molar-refractivity contribution >= 4 is 22.1 Å². The Morgan fingerprint density at radius 2 is 1.72 bits per heavy atom.